The third-order valence-electron chi connectivity index (χ3n) is 6.19. The van der Waals surface area contributed by atoms with Crippen molar-refractivity contribution in [3.05, 3.63) is 71.4 Å². The SMILES string of the molecule is CCCCCCCC(=O)N1CCc2c(c3ccccc3n2Cc2ccccc2)C1. The van der Waals surface area contributed by atoms with Crippen LogP contribution in [0.2, 0.25) is 0 Å². The van der Waals surface area contributed by atoms with Gasteiger partial charge in [0.1, 0.15) is 0 Å². The van der Waals surface area contributed by atoms with Gasteiger partial charge in [0.05, 0.1) is 0 Å². The van der Waals surface area contributed by atoms with Crippen molar-refractivity contribution in [3.8, 4) is 0 Å². The van der Waals surface area contributed by atoms with E-state index in [9.17, 15) is 4.79 Å². The van der Waals surface area contributed by atoms with Gasteiger partial charge in [-0.15, -0.1) is 0 Å². The molecule has 29 heavy (non-hydrogen) atoms. The van der Waals surface area contributed by atoms with E-state index in [-0.39, 0.29) is 0 Å². The molecule has 3 aromatic rings. The Kier molecular flexibility index (Phi) is 6.33. The van der Waals surface area contributed by atoms with E-state index in [2.05, 4.69) is 71.0 Å². The van der Waals surface area contributed by atoms with Crippen LogP contribution >= 0.6 is 0 Å². The Bertz CT molecular complexity index is 958. The molecule has 0 bridgehead atoms. The van der Waals surface area contributed by atoms with Crippen LogP contribution in [0.4, 0.5) is 0 Å². The molecule has 0 spiro atoms. The Balaban J connectivity index is 1.52. The van der Waals surface area contributed by atoms with Crippen molar-refractivity contribution >= 4 is 16.8 Å². The summed E-state index contributed by atoms with van der Waals surface area (Å²) in [6.07, 6.45) is 7.62. The number of para-hydroxylation sites is 1. The fraction of sp³-hybridized carbons (Fsp3) is 0.423. The van der Waals surface area contributed by atoms with Crippen molar-refractivity contribution < 1.29 is 4.79 Å². The Morgan fingerprint density at radius 1 is 0.931 bits per heavy atom. The maximum Gasteiger partial charge on any atom is 0.222 e. The first-order chi connectivity index (χ1) is 14.3. The lowest BCUT2D eigenvalue weighted by Gasteiger charge is -2.28. The number of amides is 1. The summed E-state index contributed by atoms with van der Waals surface area (Å²) in [5, 5.41) is 1.30. The van der Waals surface area contributed by atoms with Gasteiger partial charge < -0.3 is 9.47 Å². The molecule has 152 valence electrons. The zero-order chi connectivity index (χ0) is 20.1. The molecule has 1 aliphatic rings. The van der Waals surface area contributed by atoms with E-state index in [1.54, 1.807) is 0 Å². The highest BCUT2D eigenvalue weighted by molar-refractivity contribution is 5.87. The highest BCUT2D eigenvalue weighted by atomic mass is 16.2. The van der Waals surface area contributed by atoms with E-state index in [0.29, 0.717) is 12.3 Å². The Labute approximate surface area is 174 Å². The average Bonchev–Trinajstić information content (AvgIpc) is 3.07. The lowest BCUT2D eigenvalue weighted by molar-refractivity contribution is -0.132. The lowest BCUT2D eigenvalue weighted by Crippen LogP contribution is -2.36. The van der Waals surface area contributed by atoms with E-state index in [4.69, 9.17) is 0 Å². The quantitative estimate of drug-likeness (QED) is 0.439. The van der Waals surface area contributed by atoms with Crippen molar-refractivity contribution in [3.63, 3.8) is 0 Å². The monoisotopic (exact) mass is 388 g/mol. The Hall–Kier alpha value is -2.55. The molecule has 3 heteroatoms. The van der Waals surface area contributed by atoms with Crippen LogP contribution in [0.15, 0.2) is 54.6 Å². The fourth-order valence-electron chi connectivity index (χ4n) is 4.60. The van der Waals surface area contributed by atoms with Crippen molar-refractivity contribution in [2.24, 2.45) is 0 Å². The number of hydrogen-bond acceptors (Lipinski definition) is 1. The Morgan fingerprint density at radius 3 is 2.52 bits per heavy atom. The minimum absolute atomic E-state index is 0.326. The number of fused-ring (bicyclic) bond motifs is 3. The van der Waals surface area contributed by atoms with Crippen LogP contribution in [0.1, 0.15) is 62.3 Å². The summed E-state index contributed by atoms with van der Waals surface area (Å²) in [7, 11) is 0. The molecule has 0 unspecified atom stereocenters. The number of carbonyl (C=O) groups excluding carboxylic acids is 1. The van der Waals surface area contributed by atoms with Crippen LogP contribution in [-0.4, -0.2) is 21.9 Å². The molecule has 2 heterocycles. The first kappa shape index (κ1) is 19.8. The Morgan fingerprint density at radius 2 is 1.69 bits per heavy atom. The summed E-state index contributed by atoms with van der Waals surface area (Å²) >= 11 is 0. The molecule has 1 amide bonds. The second-order valence-electron chi connectivity index (χ2n) is 8.24. The number of aromatic nitrogens is 1. The van der Waals surface area contributed by atoms with Gasteiger partial charge in [-0.05, 0) is 18.1 Å². The minimum atomic E-state index is 0.326. The summed E-state index contributed by atoms with van der Waals surface area (Å²) in [6.45, 7) is 4.71. The topological polar surface area (TPSA) is 25.2 Å². The van der Waals surface area contributed by atoms with Crippen molar-refractivity contribution in [1.82, 2.24) is 9.47 Å². The van der Waals surface area contributed by atoms with Crippen molar-refractivity contribution in [1.29, 1.82) is 0 Å². The molecular weight excluding hydrogens is 356 g/mol. The molecule has 1 aromatic heterocycles. The van der Waals surface area contributed by atoms with Gasteiger partial charge in [-0.25, -0.2) is 0 Å². The molecule has 0 saturated carbocycles. The highest BCUT2D eigenvalue weighted by Gasteiger charge is 2.26. The molecule has 2 aromatic carbocycles. The second-order valence-corrected chi connectivity index (χ2v) is 8.24. The van der Waals surface area contributed by atoms with E-state index in [1.807, 2.05) is 0 Å². The second kappa shape index (κ2) is 9.30. The first-order valence-electron chi connectivity index (χ1n) is 11.2. The lowest BCUT2D eigenvalue weighted by atomic mass is 10.0. The number of benzene rings is 2. The van der Waals surface area contributed by atoms with Crippen molar-refractivity contribution in [2.45, 2.75) is 65.0 Å². The summed E-state index contributed by atoms with van der Waals surface area (Å²) in [6, 6.07) is 19.3. The maximum atomic E-state index is 12.8. The first-order valence-corrected chi connectivity index (χ1v) is 11.2. The van der Waals surface area contributed by atoms with Gasteiger partial charge in [0.15, 0.2) is 0 Å². The third-order valence-corrected chi connectivity index (χ3v) is 6.19. The van der Waals surface area contributed by atoms with Gasteiger partial charge in [0, 0.05) is 54.6 Å². The van der Waals surface area contributed by atoms with Crippen LogP contribution in [0, 0.1) is 0 Å². The van der Waals surface area contributed by atoms with Crippen LogP contribution in [-0.2, 0) is 24.3 Å². The highest BCUT2D eigenvalue weighted by Crippen LogP contribution is 2.32. The molecule has 0 radical (unpaired) electrons. The molecular formula is C26H32N2O. The molecule has 1 aliphatic heterocycles. The fourth-order valence-corrected chi connectivity index (χ4v) is 4.60. The van der Waals surface area contributed by atoms with Gasteiger partial charge in [-0.2, -0.15) is 0 Å². The number of hydrogen-bond donors (Lipinski definition) is 0. The van der Waals surface area contributed by atoms with Gasteiger partial charge in [-0.1, -0.05) is 81.1 Å². The molecule has 0 N–H and O–H groups in total. The van der Waals surface area contributed by atoms with Gasteiger partial charge in [-0.3, -0.25) is 4.79 Å². The molecule has 4 rings (SSSR count). The maximum absolute atomic E-state index is 12.8. The predicted molar refractivity (Wildman–Crippen MR) is 120 cm³/mol. The van der Waals surface area contributed by atoms with Crippen LogP contribution < -0.4 is 0 Å². The van der Waals surface area contributed by atoms with Gasteiger partial charge in [0.2, 0.25) is 5.91 Å². The molecule has 0 atom stereocenters. The number of rotatable bonds is 8. The molecule has 0 fully saturated rings. The molecule has 3 nitrogen and oxygen atoms in total. The van der Waals surface area contributed by atoms with Crippen LogP contribution in [0.25, 0.3) is 10.9 Å². The standard InChI is InChI=1S/C26H32N2O/c1-2-3-4-5-9-16-26(29)27-18-17-25-23(20-27)22-14-10-11-15-24(22)28(25)19-21-12-7-6-8-13-21/h6-8,10-15H,2-5,9,16-20H2,1H3. The summed E-state index contributed by atoms with van der Waals surface area (Å²) < 4.78 is 2.46. The molecule has 0 aliphatic carbocycles. The normalized spacial score (nSPS) is 13.6. The summed E-state index contributed by atoms with van der Waals surface area (Å²) in [4.78, 5) is 14.9. The third kappa shape index (κ3) is 4.39. The van der Waals surface area contributed by atoms with E-state index >= 15 is 0 Å². The number of nitrogens with zero attached hydrogens (tertiary/aromatic N) is 2. The zero-order valence-electron chi connectivity index (χ0n) is 17.6. The number of carbonyl (C=O) groups is 1. The van der Waals surface area contributed by atoms with Crippen LogP contribution in [0.3, 0.4) is 0 Å². The summed E-state index contributed by atoms with van der Waals surface area (Å²) in [5.74, 6) is 0.326. The summed E-state index contributed by atoms with van der Waals surface area (Å²) in [5.41, 5.74) is 5.36. The van der Waals surface area contributed by atoms with Gasteiger partial charge >= 0.3 is 0 Å². The van der Waals surface area contributed by atoms with Crippen LogP contribution in [0.5, 0.6) is 0 Å². The van der Waals surface area contributed by atoms with E-state index in [0.717, 1.165) is 32.5 Å². The van der Waals surface area contributed by atoms with Crippen molar-refractivity contribution in [2.75, 3.05) is 6.54 Å². The zero-order valence-corrected chi connectivity index (χ0v) is 17.6. The van der Waals surface area contributed by atoms with E-state index in [1.165, 1.54) is 53.4 Å². The predicted octanol–water partition coefficient (Wildman–Crippen LogP) is 5.93. The van der Waals surface area contributed by atoms with Gasteiger partial charge in [0.25, 0.3) is 0 Å². The average molecular weight is 389 g/mol. The molecule has 0 saturated heterocycles. The van der Waals surface area contributed by atoms with E-state index < -0.39 is 0 Å². The smallest absolute Gasteiger partial charge is 0.222 e. The minimum Gasteiger partial charge on any atom is -0.340 e. The largest absolute Gasteiger partial charge is 0.340 e. The number of unbranched alkanes of at least 4 members (excludes halogenated alkanes) is 4.